The number of nitrogens with zero attached hydrogens (tertiary/aromatic N) is 1. The molecule has 3 rings (SSSR count). The van der Waals surface area contributed by atoms with Crippen LogP contribution in [-0.4, -0.2) is 41.8 Å². The maximum Gasteiger partial charge on any atom is 0.253 e. The number of likely N-dealkylation sites (tertiary alicyclic amines) is 1. The second-order valence-electron chi connectivity index (χ2n) is 7.89. The van der Waals surface area contributed by atoms with E-state index in [1.54, 1.807) is 30.3 Å². The fourth-order valence-corrected chi connectivity index (χ4v) is 3.94. The van der Waals surface area contributed by atoms with E-state index in [1.165, 1.54) is 12.1 Å². The summed E-state index contributed by atoms with van der Waals surface area (Å²) in [5.41, 5.74) is 1.38. The van der Waals surface area contributed by atoms with Crippen LogP contribution in [0.3, 0.4) is 0 Å². The van der Waals surface area contributed by atoms with Crippen molar-refractivity contribution in [3.05, 3.63) is 63.6 Å². The Morgan fingerprint density at radius 1 is 0.968 bits per heavy atom. The first-order valence-corrected chi connectivity index (χ1v) is 11.0. The lowest BCUT2D eigenvalue weighted by Crippen LogP contribution is -2.47. The van der Waals surface area contributed by atoms with Gasteiger partial charge >= 0.3 is 0 Å². The Bertz CT molecular complexity index is 971. The van der Waals surface area contributed by atoms with E-state index < -0.39 is 11.9 Å². The van der Waals surface area contributed by atoms with Crippen LogP contribution in [0.15, 0.2) is 42.5 Å². The number of carbonyl (C=O) groups is 3. The maximum absolute atomic E-state index is 12.8. The highest BCUT2D eigenvalue weighted by Gasteiger charge is 2.26. The highest BCUT2D eigenvalue weighted by molar-refractivity contribution is 6.36. The molecule has 0 radical (unpaired) electrons. The minimum atomic E-state index is -0.773. The summed E-state index contributed by atoms with van der Waals surface area (Å²) < 4.78 is 0. The quantitative estimate of drug-likeness (QED) is 0.658. The molecule has 0 aromatic heterocycles. The summed E-state index contributed by atoms with van der Waals surface area (Å²) in [6.07, 6.45) is 2.06. The molecular formula is C23H25Cl2N3O3. The minimum absolute atomic E-state index is 0.00235. The number of anilines is 1. The summed E-state index contributed by atoms with van der Waals surface area (Å²) in [6.45, 7) is 5.24. The van der Waals surface area contributed by atoms with Crippen molar-refractivity contribution in [2.75, 3.05) is 18.4 Å². The second kappa shape index (κ2) is 10.2. The lowest BCUT2D eigenvalue weighted by molar-refractivity contribution is -0.118. The van der Waals surface area contributed by atoms with E-state index in [1.807, 2.05) is 18.7 Å². The Kier molecular flexibility index (Phi) is 7.57. The highest BCUT2D eigenvalue weighted by atomic mass is 35.5. The molecule has 31 heavy (non-hydrogen) atoms. The number of halogens is 2. The molecule has 6 nitrogen and oxygen atoms in total. The van der Waals surface area contributed by atoms with E-state index in [9.17, 15) is 14.4 Å². The molecule has 0 saturated carbocycles. The average molecular weight is 462 g/mol. The molecule has 1 atom stereocenters. The van der Waals surface area contributed by atoms with Gasteiger partial charge in [-0.25, -0.2) is 0 Å². The first kappa shape index (κ1) is 23.1. The van der Waals surface area contributed by atoms with Crippen molar-refractivity contribution < 1.29 is 14.4 Å². The van der Waals surface area contributed by atoms with Crippen molar-refractivity contribution in [1.29, 1.82) is 0 Å². The molecular weight excluding hydrogens is 437 g/mol. The molecule has 164 valence electrons. The van der Waals surface area contributed by atoms with Gasteiger partial charge in [0.25, 0.3) is 11.8 Å². The van der Waals surface area contributed by atoms with Crippen LogP contribution < -0.4 is 10.6 Å². The summed E-state index contributed by atoms with van der Waals surface area (Å²) >= 11 is 12.0. The van der Waals surface area contributed by atoms with Gasteiger partial charge in [0.2, 0.25) is 5.91 Å². The lowest BCUT2D eigenvalue weighted by atomic mass is 10.0. The van der Waals surface area contributed by atoms with Gasteiger partial charge in [-0.2, -0.15) is 0 Å². The van der Waals surface area contributed by atoms with Crippen molar-refractivity contribution in [2.45, 2.75) is 32.7 Å². The number of hydrogen-bond acceptors (Lipinski definition) is 3. The van der Waals surface area contributed by atoms with Crippen molar-refractivity contribution in [2.24, 2.45) is 5.92 Å². The van der Waals surface area contributed by atoms with Gasteiger partial charge in [0, 0.05) is 29.4 Å². The summed E-state index contributed by atoms with van der Waals surface area (Å²) in [5.74, 6) is -0.970. The fourth-order valence-electron chi connectivity index (χ4n) is 3.45. The molecule has 2 aromatic carbocycles. The van der Waals surface area contributed by atoms with Crippen molar-refractivity contribution in [3.8, 4) is 0 Å². The molecule has 1 aliphatic rings. The van der Waals surface area contributed by atoms with Gasteiger partial charge in [0.1, 0.15) is 6.04 Å². The van der Waals surface area contributed by atoms with Crippen LogP contribution in [0.2, 0.25) is 10.0 Å². The Morgan fingerprint density at radius 2 is 1.61 bits per heavy atom. The standard InChI is InChI=1S/C23H25Cl2N3O3/c1-14(2)20(27-21(29)18-10-7-16(24)13-19(18)25)22(30)26-17-8-5-15(6-9-17)23(31)28-11-3-4-12-28/h5-10,13-14,20H,3-4,11-12H2,1-2H3,(H,26,30)(H,27,29). The molecule has 1 unspecified atom stereocenters. The van der Waals surface area contributed by atoms with E-state index in [-0.39, 0.29) is 28.3 Å². The SMILES string of the molecule is CC(C)C(NC(=O)c1ccc(Cl)cc1Cl)C(=O)Nc1ccc(C(=O)N2CCCC2)cc1. The molecule has 1 aliphatic heterocycles. The van der Waals surface area contributed by atoms with Crippen LogP contribution in [0.5, 0.6) is 0 Å². The minimum Gasteiger partial charge on any atom is -0.340 e. The van der Waals surface area contributed by atoms with Gasteiger partial charge in [0.05, 0.1) is 10.6 Å². The topological polar surface area (TPSA) is 78.5 Å². The van der Waals surface area contributed by atoms with Crippen LogP contribution in [-0.2, 0) is 4.79 Å². The van der Waals surface area contributed by atoms with Crippen LogP contribution in [0.4, 0.5) is 5.69 Å². The summed E-state index contributed by atoms with van der Waals surface area (Å²) in [5, 5.41) is 6.18. The molecule has 3 amide bonds. The Hall–Kier alpha value is -2.57. The molecule has 2 aromatic rings. The van der Waals surface area contributed by atoms with E-state index >= 15 is 0 Å². The average Bonchev–Trinajstić information content (AvgIpc) is 3.26. The summed E-state index contributed by atoms with van der Waals surface area (Å²) in [7, 11) is 0. The third-order valence-electron chi connectivity index (χ3n) is 5.20. The van der Waals surface area contributed by atoms with Gasteiger partial charge in [-0.05, 0) is 61.2 Å². The van der Waals surface area contributed by atoms with Crippen LogP contribution in [0.1, 0.15) is 47.4 Å². The number of rotatable bonds is 6. The predicted octanol–water partition coefficient (Wildman–Crippen LogP) is 4.62. The number of benzene rings is 2. The Balaban J connectivity index is 1.66. The van der Waals surface area contributed by atoms with Crippen molar-refractivity contribution >= 4 is 46.6 Å². The number of carbonyl (C=O) groups excluding carboxylic acids is 3. The first-order chi connectivity index (χ1) is 14.8. The summed E-state index contributed by atoms with van der Waals surface area (Å²) in [4.78, 5) is 39.8. The summed E-state index contributed by atoms with van der Waals surface area (Å²) in [6, 6.07) is 10.6. The van der Waals surface area contributed by atoms with Gasteiger partial charge < -0.3 is 15.5 Å². The first-order valence-electron chi connectivity index (χ1n) is 10.2. The number of amides is 3. The molecule has 1 fully saturated rings. The van der Waals surface area contributed by atoms with Crippen molar-refractivity contribution in [3.63, 3.8) is 0 Å². The molecule has 8 heteroatoms. The molecule has 1 heterocycles. The zero-order valence-electron chi connectivity index (χ0n) is 17.5. The smallest absolute Gasteiger partial charge is 0.253 e. The van der Waals surface area contributed by atoms with Gasteiger partial charge in [-0.1, -0.05) is 37.0 Å². The van der Waals surface area contributed by atoms with E-state index in [2.05, 4.69) is 10.6 Å². The number of nitrogens with one attached hydrogen (secondary N) is 2. The molecule has 0 bridgehead atoms. The zero-order valence-corrected chi connectivity index (χ0v) is 19.0. The third kappa shape index (κ3) is 5.77. The number of hydrogen-bond donors (Lipinski definition) is 2. The van der Waals surface area contributed by atoms with Gasteiger partial charge in [-0.15, -0.1) is 0 Å². The van der Waals surface area contributed by atoms with Crippen LogP contribution >= 0.6 is 23.2 Å². The van der Waals surface area contributed by atoms with Crippen LogP contribution in [0, 0.1) is 5.92 Å². The maximum atomic E-state index is 12.8. The van der Waals surface area contributed by atoms with E-state index in [0.29, 0.717) is 16.3 Å². The zero-order chi connectivity index (χ0) is 22.5. The lowest BCUT2D eigenvalue weighted by Gasteiger charge is -2.22. The van der Waals surface area contributed by atoms with Gasteiger partial charge in [-0.3, -0.25) is 14.4 Å². The highest BCUT2D eigenvalue weighted by Crippen LogP contribution is 2.21. The normalized spacial score (nSPS) is 14.4. The predicted molar refractivity (Wildman–Crippen MR) is 123 cm³/mol. The molecule has 1 saturated heterocycles. The van der Waals surface area contributed by atoms with Crippen LogP contribution in [0.25, 0.3) is 0 Å². The monoisotopic (exact) mass is 461 g/mol. The fraction of sp³-hybridized carbons (Fsp3) is 0.348. The van der Waals surface area contributed by atoms with Gasteiger partial charge in [0.15, 0.2) is 0 Å². The Labute approximate surface area is 191 Å². The molecule has 0 aliphatic carbocycles. The third-order valence-corrected chi connectivity index (χ3v) is 5.75. The van der Waals surface area contributed by atoms with E-state index in [0.717, 1.165) is 25.9 Å². The van der Waals surface area contributed by atoms with Crippen molar-refractivity contribution in [1.82, 2.24) is 10.2 Å². The second-order valence-corrected chi connectivity index (χ2v) is 8.73. The molecule has 2 N–H and O–H groups in total. The van der Waals surface area contributed by atoms with E-state index in [4.69, 9.17) is 23.2 Å². The largest absolute Gasteiger partial charge is 0.340 e. The molecule has 0 spiro atoms. The Morgan fingerprint density at radius 3 is 2.19 bits per heavy atom.